The minimum Gasteiger partial charge on any atom is -0.508 e. The fourth-order valence-electron chi connectivity index (χ4n) is 3.69. The average Bonchev–Trinajstić information content (AvgIpc) is 2.67. The number of unbranched alkanes of at least 4 members (excludes halogenated alkanes) is 2. The number of allylic oxidation sites excluding steroid dienone is 1. The first-order valence-electron chi connectivity index (χ1n) is 9.23. The third kappa shape index (κ3) is 3.29. The summed E-state index contributed by atoms with van der Waals surface area (Å²) in [5, 5.41) is 22.1. The van der Waals surface area contributed by atoms with E-state index in [-0.39, 0.29) is 5.76 Å². The lowest BCUT2D eigenvalue weighted by Crippen LogP contribution is -2.42. The lowest BCUT2D eigenvalue weighted by molar-refractivity contribution is 0.151. The number of hydrogen-bond donors (Lipinski definition) is 2. The van der Waals surface area contributed by atoms with Crippen LogP contribution in [0.3, 0.4) is 0 Å². The molecule has 2 atom stereocenters. The minimum absolute atomic E-state index is 0.136. The molecule has 0 saturated heterocycles. The molecule has 136 valence electrons. The fourth-order valence-corrected chi connectivity index (χ4v) is 3.69. The van der Waals surface area contributed by atoms with Gasteiger partial charge in [-0.3, -0.25) is 9.97 Å². The van der Waals surface area contributed by atoms with E-state index in [1.165, 1.54) is 0 Å². The lowest BCUT2D eigenvalue weighted by atomic mass is 9.66. The molecule has 0 radical (unpaired) electrons. The molecule has 2 N–H and O–H groups in total. The second-order valence-corrected chi connectivity index (χ2v) is 6.99. The van der Waals surface area contributed by atoms with Gasteiger partial charge in [-0.15, -0.1) is 0 Å². The van der Waals surface area contributed by atoms with E-state index in [1.54, 1.807) is 18.6 Å². The van der Waals surface area contributed by atoms with E-state index in [1.807, 2.05) is 43.3 Å². The second-order valence-electron chi connectivity index (χ2n) is 6.99. The number of nitrogens with zero attached hydrogens (tertiary/aromatic N) is 2. The highest BCUT2D eigenvalue weighted by atomic mass is 16.3. The molecule has 0 fully saturated rings. The van der Waals surface area contributed by atoms with Crippen molar-refractivity contribution in [2.75, 3.05) is 0 Å². The summed E-state index contributed by atoms with van der Waals surface area (Å²) in [6.45, 7) is 4.16. The average molecular weight is 350 g/mol. The molecule has 4 nitrogen and oxygen atoms in total. The van der Waals surface area contributed by atoms with Crippen LogP contribution in [0.1, 0.15) is 50.8 Å². The van der Waals surface area contributed by atoms with Crippen molar-refractivity contribution in [2.45, 2.75) is 51.0 Å². The zero-order valence-electron chi connectivity index (χ0n) is 15.4. The molecule has 2 unspecified atom stereocenters. The Balaban J connectivity index is 2.11. The zero-order valence-corrected chi connectivity index (χ0v) is 15.4. The Bertz CT molecular complexity index is 799. The molecule has 1 aliphatic rings. The van der Waals surface area contributed by atoms with Gasteiger partial charge < -0.3 is 10.2 Å². The lowest BCUT2D eigenvalue weighted by Gasteiger charge is -2.40. The van der Waals surface area contributed by atoms with E-state index in [2.05, 4.69) is 16.9 Å². The number of rotatable bonds is 6. The van der Waals surface area contributed by atoms with Gasteiger partial charge in [0.15, 0.2) is 0 Å². The van der Waals surface area contributed by atoms with Gasteiger partial charge in [0.2, 0.25) is 0 Å². The molecule has 1 heterocycles. The highest BCUT2D eigenvalue weighted by Crippen LogP contribution is 2.46. The van der Waals surface area contributed by atoms with Crippen molar-refractivity contribution in [3.8, 4) is 0 Å². The number of aliphatic hydroxyl groups excluding tert-OH is 2. The first-order chi connectivity index (χ1) is 12.6. The van der Waals surface area contributed by atoms with E-state index < -0.39 is 11.5 Å². The van der Waals surface area contributed by atoms with Crippen LogP contribution in [0.25, 0.3) is 5.57 Å². The first kappa shape index (κ1) is 18.3. The summed E-state index contributed by atoms with van der Waals surface area (Å²) in [7, 11) is 0. The predicted octanol–water partition coefficient (Wildman–Crippen LogP) is 4.58. The van der Waals surface area contributed by atoms with Crippen LogP contribution in [0.15, 0.2) is 66.3 Å². The summed E-state index contributed by atoms with van der Waals surface area (Å²) in [5.74, 6) is 0.136. The standard InChI is InChI=1S/C22H26N2O2/c1-3-4-6-11-17-14-18(25)20(16-9-7-5-8-10-16)21(26)22(17,2)19-15-23-12-13-24-19/h5,7-10,12-15,21,25-26H,3-4,6,11H2,1-2H3. The van der Waals surface area contributed by atoms with E-state index >= 15 is 0 Å². The SMILES string of the molecule is CCCCCC1=CC(O)=C(c2ccccc2)C(O)C1(C)c1cnccn1. The van der Waals surface area contributed by atoms with Crippen LogP contribution in [0.4, 0.5) is 0 Å². The van der Waals surface area contributed by atoms with Gasteiger partial charge in [0.25, 0.3) is 0 Å². The number of benzene rings is 1. The molecule has 0 amide bonds. The molecule has 4 heteroatoms. The van der Waals surface area contributed by atoms with Crippen LogP contribution in [-0.4, -0.2) is 26.3 Å². The Morgan fingerprint density at radius 3 is 2.54 bits per heavy atom. The zero-order chi connectivity index (χ0) is 18.6. The quantitative estimate of drug-likeness (QED) is 0.748. The Kier molecular flexibility index (Phi) is 5.52. The molecule has 0 saturated carbocycles. The highest BCUT2D eigenvalue weighted by molar-refractivity contribution is 5.77. The van der Waals surface area contributed by atoms with Crippen LogP contribution in [-0.2, 0) is 5.41 Å². The summed E-state index contributed by atoms with van der Waals surface area (Å²) < 4.78 is 0. The number of aromatic nitrogens is 2. The van der Waals surface area contributed by atoms with Crippen molar-refractivity contribution in [1.82, 2.24) is 9.97 Å². The fraction of sp³-hybridized carbons (Fsp3) is 0.364. The maximum absolute atomic E-state index is 11.4. The van der Waals surface area contributed by atoms with E-state index in [9.17, 15) is 10.2 Å². The van der Waals surface area contributed by atoms with E-state index in [4.69, 9.17) is 0 Å². The normalized spacial score (nSPS) is 23.0. The maximum Gasteiger partial charge on any atom is 0.122 e. The molecular weight excluding hydrogens is 324 g/mol. The smallest absolute Gasteiger partial charge is 0.122 e. The van der Waals surface area contributed by atoms with Gasteiger partial charge in [0.1, 0.15) is 5.76 Å². The van der Waals surface area contributed by atoms with Crippen LogP contribution in [0, 0.1) is 0 Å². The number of hydrogen-bond acceptors (Lipinski definition) is 4. The van der Waals surface area contributed by atoms with Crippen LogP contribution in [0.5, 0.6) is 0 Å². The van der Waals surface area contributed by atoms with Crippen LogP contribution in [0.2, 0.25) is 0 Å². The van der Waals surface area contributed by atoms with Gasteiger partial charge >= 0.3 is 0 Å². The molecule has 0 aliphatic heterocycles. The van der Waals surface area contributed by atoms with Crippen molar-refractivity contribution < 1.29 is 10.2 Å². The van der Waals surface area contributed by atoms with Crippen molar-refractivity contribution >= 4 is 5.57 Å². The van der Waals surface area contributed by atoms with E-state index in [0.717, 1.165) is 42.5 Å². The molecule has 1 aliphatic carbocycles. The van der Waals surface area contributed by atoms with Crippen molar-refractivity contribution in [3.05, 3.63) is 77.6 Å². The monoisotopic (exact) mass is 350 g/mol. The molecule has 26 heavy (non-hydrogen) atoms. The summed E-state index contributed by atoms with van der Waals surface area (Å²) in [6, 6.07) is 9.54. The summed E-state index contributed by atoms with van der Waals surface area (Å²) in [4.78, 5) is 8.70. The number of aliphatic hydroxyl groups is 2. The highest BCUT2D eigenvalue weighted by Gasteiger charge is 2.45. The van der Waals surface area contributed by atoms with Gasteiger partial charge in [-0.05, 0) is 31.4 Å². The second kappa shape index (κ2) is 7.83. The van der Waals surface area contributed by atoms with Crippen LogP contribution < -0.4 is 0 Å². The van der Waals surface area contributed by atoms with E-state index in [0.29, 0.717) is 5.57 Å². The Hall–Kier alpha value is -2.46. The Morgan fingerprint density at radius 1 is 1.12 bits per heavy atom. The Labute approximate surface area is 155 Å². The molecule has 1 aromatic heterocycles. The molecule has 0 bridgehead atoms. The van der Waals surface area contributed by atoms with Gasteiger partial charge in [-0.2, -0.15) is 0 Å². The van der Waals surface area contributed by atoms with Gasteiger partial charge in [0.05, 0.1) is 17.2 Å². The molecule has 0 spiro atoms. The minimum atomic E-state index is -0.900. The summed E-state index contributed by atoms with van der Waals surface area (Å²) in [5.41, 5.74) is 2.35. The molecule has 1 aromatic carbocycles. The third-order valence-corrected chi connectivity index (χ3v) is 5.30. The van der Waals surface area contributed by atoms with Crippen LogP contribution >= 0.6 is 0 Å². The largest absolute Gasteiger partial charge is 0.508 e. The van der Waals surface area contributed by atoms with Gasteiger partial charge in [-0.1, -0.05) is 55.7 Å². The maximum atomic E-state index is 11.4. The van der Waals surface area contributed by atoms with Crippen molar-refractivity contribution in [1.29, 1.82) is 0 Å². The summed E-state index contributed by atoms with van der Waals surface area (Å²) in [6.07, 6.45) is 9.97. The van der Waals surface area contributed by atoms with Gasteiger partial charge in [0, 0.05) is 24.2 Å². The van der Waals surface area contributed by atoms with Gasteiger partial charge in [-0.25, -0.2) is 0 Å². The molecule has 3 rings (SSSR count). The van der Waals surface area contributed by atoms with Crippen molar-refractivity contribution in [3.63, 3.8) is 0 Å². The van der Waals surface area contributed by atoms with Crippen molar-refractivity contribution in [2.24, 2.45) is 0 Å². The molecule has 2 aromatic rings. The Morgan fingerprint density at radius 2 is 1.88 bits per heavy atom. The first-order valence-corrected chi connectivity index (χ1v) is 9.23. The topological polar surface area (TPSA) is 66.2 Å². The third-order valence-electron chi connectivity index (χ3n) is 5.30. The predicted molar refractivity (Wildman–Crippen MR) is 104 cm³/mol. The molecular formula is C22H26N2O2. The summed E-state index contributed by atoms with van der Waals surface area (Å²) >= 11 is 0.